The molecule has 0 atom stereocenters. The zero-order valence-corrected chi connectivity index (χ0v) is 13.1. The Morgan fingerprint density at radius 3 is 2.57 bits per heavy atom. The van der Waals surface area contributed by atoms with Crippen LogP contribution < -0.4 is 4.74 Å². The fourth-order valence-corrected chi connectivity index (χ4v) is 2.77. The maximum absolute atomic E-state index is 11.7. The molecule has 0 unspecified atom stereocenters. The Bertz CT molecular complexity index is 427. The number of ether oxygens (including phenoxy) is 1. The quantitative estimate of drug-likeness (QED) is 0.534. The SMILES string of the molecule is CCCC(=O)c1ccc(OCCCN2CCCCC2)cc1.[H+]. The summed E-state index contributed by atoms with van der Waals surface area (Å²) in [5.74, 6) is 1.08. The van der Waals surface area contributed by atoms with Gasteiger partial charge in [-0.25, -0.2) is 0 Å². The molecule has 1 saturated heterocycles. The van der Waals surface area contributed by atoms with Gasteiger partial charge in [-0.05, 0) is 63.0 Å². The predicted molar refractivity (Wildman–Crippen MR) is 87.2 cm³/mol. The summed E-state index contributed by atoms with van der Waals surface area (Å²) < 4.78 is 5.75. The molecule has 3 heteroatoms. The van der Waals surface area contributed by atoms with E-state index in [1.54, 1.807) is 0 Å². The molecule has 0 saturated carbocycles. The number of benzene rings is 1. The van der Waals surface area contributed by atoms with Gasteiger partial charge in [0.15, 0.2) is 5.78 Å². The molecule has 3 nitrogen and oxygen atoms in total. The van der Waals surface area contributed by atoms with Crippen LogP contribution in [0.3, 0.4) is 0 Å². The number of ketones is 1. The van der Waals surface area contributed by atoms with Gasteiger partial charge in [-0.15, -0.1) is 0 Å². The topological polar surface area (TPSA) is 29.5 Å². The number of rotatable bonds is 8. The fourth-order valence-electron chi connectivity index (χ4n) is 2.77. The van der Waals surface area contributed by atoms with Crippen molar-refractivity contribution in [1.29, 1.82) is 0 Å². The lowest BCUT2D eigenvalue weighted by molar-refractivity contribution is 0.0981. The molecule has 0 bridgehead atoms. The van der Waals surface area contributed by atoms with Crippen molar-refractivity contribution in [1.82, 2.24) is 4.90 Å². The fraction of sp³-hybridized carbons (Fsp3) is 0.611. The summed E-state index contributed by atoms with van der Waals surface area (Å²) in [6.07, 6.45) is 6.65. The lowest BCUT2D eigenvalue weighted by Crippen LogP contribution is -2.31. The largest absolute Gasteiger partial charge is 1.00 e. The minimum Gasteiger partial charge on any atom is -0.494 e. The van der Waals surface area contributed by atoms with Gasteiger partial charge in [0.25, 0.3) is 0 Å². The van der Waals surface area contributed by atoms with Crippen LogP contribution in [0.5, 0.6) is 5.75 Å². The average molecular weight is 290 g/mol. The maximum Gasteiger partial charge on any atom is 1.00 e. The van der Waals surface area contributed by atoms with Gasteiger partial charge in [-0.3, -0.25) is 4.79 Å². The monoisotopic (exact) mass is 290 g/mol. The minimum atomic E-state index is 0. The Balaban J connectivity index is 0.00000242. The number of carbonyl (C=O) groups excluding carboxylic acids is 1. The third kappa shape index (κ3) is 5.50. The summed E-state index contributed by atoms with van der Waals surface area (Å²) in [5.41, 5.74) is 0.789. The van der Waals surface area contributed by atoms with E-state index in [-0.39, 0.29) is 7.21 Å². The van der Waals surface area contributed by atoms with Gasteiger partial charge in [-0.1, -0.05) is 13.3 Å². The van der Waals surface area contributed by atoms with Crippen LogP contribution in [0.1, 0.15) is 57.2 Å². The first kappa shape index (κ1) is 16.0. The van der Waals surface area contributed by atoms with Crippen molar-refractivity contribution in [3.05, 3.63) is 29.8 Å². The highest BCUT2D eigenvalue weighted by Gasteiger charge is 2.09. The minimum absolute atomic E-state index is 0. The lowest BCUT2D eigenvalue weighted by atomic mass is 10.1. The van der Waals surface area contributed by atoms with E-state index >= 15 is 0 Å². The number of piperidine rings is 1. The molecule has 2 rings (SSSR count). The summed E-state index contributed by atoms with van der Waals surface area (Å²) >= 11 is 0. The van der Waals surface area contributed by atoms with E-state index in [0.29, 0.717) is 6.42 Å². The summed E-state index contributed by atoms with van der Waals surface area (Å²) in [6.45, 7) is 6.39. The lowest BCUT2D eigenvalue weighted by Gasteiger charge is -2.26. The van der Waals surface area contributed by atoms with Crippen molar-refractivity contribution in [2.75, 3.05) is 26.2 Å². The molecule has 0 aromatic heterocycles. The van der Waals surface area contributed by atoms with Crippen molar-refractivity contribution in [2.24, 2.45) is 0 Å². The summed E-state index contributed by atoms with van der Waals surface area (Å²) in [5, 5.41) is 0. The van der Waals surface area contributed by atoms with Crippen LogP contribution in [0.4, 0.5) is 0 Å². The van der Waals surface area contributed by atoms with Crippen LogP contribution in [0, 0.1) is 0 Å². The first-order valence-corrected chi connectivity index (χ1v) is 8.28. The van der Waals surface area contributed by atoms with Crippen LogP contribution >= 0.6 is 0 Å². The third-order valence-electron chi connectivity index (χ3n) is 3.99. The summed E-state index contributed by atoms with van der Waals surface area (Å²) in [7, 11) is 0. The van der Waals surface area contributed by atoms with Crippen molar-refractivity contribution >= 4 is 5.78 Å². The predicted octanol–water partition coefficient (Wildman–Crippen LogP) is 4.04. The molecule has 0 spiro atoms. The Morgan fingerprint density at radius 2 is 1.90 bits per heavy atom. The van der Waals surface area contributed by atoms with Crippen LogP contribution in [0.2, 0.25) is 0 Å². The second kappa shape index (κ2) is 8.83. The molecule has 1 fully saturated rings. The number of nitrogens with zero attached hydrogens (tertiary/aromatic N) is 1. The molecule has 1 aromatic carbocycles. The molecule has 116 valence electrons. The number of hydrogen-bond acceptors (Lipinski definition) is 3. The molecule has 0 N–H and O–H groups in total. The standard InChI is InChI=1S/C18H27NO2/c1-2-7-18(20)16-8-10-17(11-9-16)21-15-6-14-19-12-4-3-5-13-19/h8-11H,2-7,12-15H2,1H3/p+1. The molecular weight excluding hydrogens is 262 g/mol. The molecule has 0 amide bonds. The smallest absolute Gasteiger partial charge is 0.494 e. The number of hydrogen-bond donors (Lipinski definition) is 0. The van der Waals surface area contributed by atoms with Gasteiger partial charge in [0.05, 0.1) is 6.61 Å². The summed E-state index contributed by atoms with van der Waals surface area (Å²) in [6, 6.07) is 7.56. The van der Waals surface area contributed by atoms with Gasteiger partial charge in [0.2, 0.25) is 0 Å². The van der Waals surface area contributed by atoms with Crippen LogP contribution in [0.15, 0.2) is 24.3 Å². The van der Waals surface area contributed by atoms with Crippen LogP contribution in [0.25, 0.3) is 0 Å². The summed E-state index contributed by atoms with van der Waals surface area (Å²) in [4.78, 5) is 14.3. The van der Waals surface area contributed by atoms with Gasteiger partial charge in [-0.2, -0.15) is 0 Å². The number of carbonyl (C=O) groups is 1. The van der Waals surface area contributed by atoms with Gasteiger partial charge >= 0.3 is 1.43 Å². The van der Waals surface area contributed by atoms with E-state index in [9.17, 15) is 4.79 Å². The first-order valence-electron chi connectivity index (χ1n) is 8.28. The van der Waals surface area contributed by atoms with Gasteiger partial charge in [0.1, 0.15) is 5.75 Å². The Hall–Kier alpha value is -1.35. The van der Waals surface area contributed by atoms with E-state index in [1.807, 2.05) is 31.2 Å². The van der Waals surface area contributed by atoms with E-state index in [2.05, 4.69) is 4.90 Å². The molecular formula is C18H28NO2+. The van der Waals surface area contributed by atoms with E-state index in [0.717, 1.165) is 37.3 Å². The highest BCUT2D eigenvalue weighted by atomic mass is 16.5. The average Bonchev–Trinajstić information content (AvgIpc) is 2.53. The highest BCUT2D eigenvalue weighted by Crippen LogP contribution is 2.15. The van der Waals surface area contributed by atoms with Crippen molar-refractivity contribution in [3.8, 4) is 5.75 Å². The van der Waals surface area contributed by atoms with Crippen LogP contribution in [-0.2, 0) is 0 Å². The van der Waals surface area contributed by atoms with Crippen molar-refractivity contribution in [3.63, 3.8) is 0 Å². The molecule has 21 heavy (non-hydrogen) atoms. The second-order valence-electron chi connectivity index (χ2n) is 5.80. The molecule has 1 aliphatic rings. The third-order valence-corrected chi connectivity index (χ3v) is 3.99. The zero-order chi connectivity index (χ0) is 14.9. The molecule has 1 aromatic rings. The van der Waals surface area contributed by atoms with Gasteiger partial charge < -0.3 is 9.64 Å². The van der Waals surface area contributed by atoms with E-state index in [4.69, 9.17) is 4.74 Å². The van der Waals surface area contributed by atoms with E-state index < -0.39 is 0 Å². The normalized spacial score (nSPS) is 15.9. The Kier molecular flexibility index (Phi) is 6.74. The Morgan fingerprint density at radius 1 is 1.19 bits per heavy atom. The van der Waals surface area contributed by atoms with E-state index in [1.165, 1.54) is 32.4 Å². The van der Waals surface area contributed by atoms with Crippen molar-refractivity contribution < 1.29 is 11.0 Å². The van der Waals surface area contributed by atoms with Gasteiger partial charge in [0, 0.05) is 18.5 Å². The molecule has 1 heterocycles. The maximum atomic E-state index is 11.7. The number of Topliss-reactive ketones (excluding diaryl/α,β-unsaturated/α-hetero) is 1. The second-order valence-corrected chi connectivity index (χ2v) is 5.80. The molecule has 0 aliphatic carbocycles. The van der Waals surface area contributed by atoms with Crippen molar-refractivity contribution in [2.45, 2.75) is 45.4 Å². The first-order chi connectivity index (χ1) is 10.3. The highest BCUT2D eigenvalue weighted by molar-refractivity contribution is 5.96. The molecule has 0 radical (unpaired) electrons. The Labute approximate surface area is 129 Å². The zero-order valence-electron chi connectivity index (χ0n) is 14.1. The van der Waals surface area contributed by atoms with Crippen LogP contribution in [-0.4, -0.2) is 36.9 Å². The number of likely N-dealkylation sites (tertiary alicyclic amines) is 1. The molecule has 1 aliphatic heterocycles.